The quantitative estimate of drug-likeness (QED) is 0.715. The van der Waals surface area contributed by atoms with E-state index in [4.69, 9.17) is 4.74 Å². The summed E-state index contributed by atoms with van der Waals surface area (Å²) in [6, 6.07) is 5.42. The maximum atomic E-state index is 11.5. The second-order valence-electron chi connectivity index (χ2n) is 3.51. The van der Waals surface area contributed by atoms with Gasteiger partial charge in [-0.15, -0.1) is 0 Å². The van der Waals surface area contributed by atoms with Gasteiger partial charge in [-0.05, 0) is 19.1 Å². The Morgan fingerprint density at radius 2 is 2.06 bits per heavy atom. The molecule has 0 radical (unpaired) electrons. The van der Waals surface area contributed by atoms with Crippen LogP contribution in [-0.2, 0) is 0 Å². The Hall–Kier alpha value is -2.17. The molecule has 5 heteroatoms. The van der Waals surface area contributed by atoms with E-state index in [1.165, 1.54) is 7.11 Å². The Morgan fingerprint density at radius 1 is 1.31 bits per heavy atom. The molecule has 0 atom stereocenters. The molecule has 0 aliphatic rings. The lowest BCUT2D eigenvalue weighted by molar-refractivity contribution is 0.415. The van der Waals surface area contributed by atoms with E-state index in [2.05, 4.69) is 10.2 Å². The van der Waals surface area contributed by atoms with Crippen molar-refractivity contribution in [3.63, 3.8) is 0 Å². The van der Waals surface area contributed by atoms with E-state index in [0.29, 0.717) is 11.3 Å². The molecule has 1 aromatic heterocycles. The van der Waals surface area contributed by atoms with Gasteiger partial charge in [0.15, 0.2) is 0 Å². The summed E-state index contributed by atoms with van der Waals surface area (Å²) in [7, 11) is 1.52. The summed E-state index contributed by atoms with van der Waals surface area (Å²) in [4.78, 5) is 11.5. The zero-order valence-corrected chi connectivity index (χ0v) is 9.00. The minimum atomic E-state index is -0.374. The van der Waals surface area contributed by atoms with Gasteiger partial charge in [0.2, 0.25) is 5.88 Å². The summed E-state index contributed by atoms with van der Waals surface area (Å²) < 4.78 is 5.16. The van der Waals surface area contributed by atoms with E-state index in [9.17, 15) is 9.90 Å². The monoisotopic (exact) mass is 220 g/mol. The average Bonchev–Trinajstić information content (AvgIpc) is 2.58. The molecule has 0 fully saturated rings. The van der Waals surface area contributed by atoms with Crippen LogP contribution in [0, 0.1) is 6.92 Å². The Morgan fingerprint density at radius 3 is 2.62 bits per heavy atom. The number of methoxy groups -OCH3 is 1. The van der Waals surface area contributed by atoms with Crippen molar-refractivity contribution in [2.24, 2.45) is 0 Å². The maximum Gasteiger partial charge on any atom is 0.275 e. The van der Waals surface area contributed by atoms with Crippen molar-refractivity contribution in [1.82, 2.24) is 10.2 Å². The Bertz CT molecular complexity index is 569. The predicted molar refractivity (Wildman–Crippen MR) is 59.8 cm³/mol. The largest absolute Gasteiger partial charge is 0.496 e. The van der Waals surface area contributed by atoms with E-state index in [-0.39, 0.29) is 17.0 Å². The highest BCUT2D eigenvalue weighted by Crippen LogP contribution is 2.32. The number of nitrogens with one attached hydrogen (secondary N) is 2. The number of ether oxygens (including phenoxy) is 1. The van der Waals surface area contributed by atoms with Gasteiger partial charge in [0.1, 0.15) is 11.3 Å². The normalized spacial score (nSPS) is 10.4. The Kier molecular flexibility index (Phi) is 2.44. The molecule has 0 unspecified atom stereocenters. The molecule has 0 amide bonds. The van der Waals surface area contributed by atoms with Gasteiger partial charge < -0.3 is 9.84 Å². The minimum Gasteiger partial charge on any atom is -0.496 e. The van der Waals surface area contributed by atoms with Crippen LogP contribution in [0.4, 0.5) is 0 Å². The fraction of sp³-hybridized carbons (Fsp3) is 0.182. The van der Waals surface area contributed by atoms with Crippen LogP contribution in [0.15, 0.2) is 23.0 Å². The van der Waals surface area contributed by atoms with Crippen LogP contribution in [0.25, 0.3) is 11.1 Å². The lowest BCUT2D eigenvalue weighted by atomic mass is 10.0. The zero-order chi connectivity index (χ0) is 11.7. The van der Waals surface area contributed by atoms with Gasteiger partial charge >= 0.3 is 0 Å². The Balaban J connectivity index is 2.72. The van der Waals surface area contributed by atoms with Crippen LogP contribution in [0.3, 0.4) is 0 Å². The summed E-state index contributed by atoms with van der Waals surface area (Å²) >= 11 is 0. The van der Waals surface area contributed by atoms with Crippen molar-refractivity contribution in [1.29, 1.82) is 0 Å². The number of aromatic amines is 2. The van der Waals surface area contributed by atoms with Crippen molar-refractivity contribution in [2.45, 2.75) is 6.92 Å². The van der Waals surface area contributed by atoms with Gasteiger partial charge in [-0.3, -0.25) is 15.0 Å². The number of rotatable bonds is 2. The fourth-order valence-corrected chi connectivity index (χ4v) is 1.62. The third kappa shape index (κ3) is 1.56. The first kappa shape index (κ1) is 10.4. The van der Waals surface area contributed by atoms with E-state index < -0.39 is 0 Å². The second-order valence-corrected chi connectivity index (χ2v) is 3.51. The number of hydrogen-bond donors (Lipinski definition) is 3. The van der Waals surface area contributed by atoms with Crippen LogP contribution in [0.1, 0.15) is 5.56 Å². The number of aromatic hydroxyl groups is 1. The molecular weight excluding hydrogens is 208 g/mol. The number of hydrogen-bond acceptors (Lipinski definition) is 3. The topological polar surface area (TPSA) is 78.1 Å². The van der Waals surface area contributed by atoms with Crippen molar-refractivity contribution in [2.75, 3.05) is 7.11 Å². The molecule has 1 heterocycles. The molecule has 5 nitrogen and oxygen atoms in total. The number of benzene rings is 1. The standard InChI is InChI=1S/C11H12N2O3/c1-6-3-4-8(16-2)7(5-6)9-10(14)12-13-11(9)15/h3-5H,1-2H3,(H3,12,13,14,15). The van der Waals surface area contributed by atoms with E-state index in [0.717, 1.165) is 5.56 Å². The summed E-state index contributed by atoms with van der Waals surface area (Å²) in [5.74, 6) is 0.361. The molecule has 2 aromatic rings. The van der Waals surface area contributed by atoms with Gasteiger partial charge in [0.05, 0.1) is 7.11 Å². The number of H-pyrrole nitrogens is 2. The third-order valence-corrected chi connectivity index (χ3v) is 2.38. The van der Waals surface area contributed by atoms with Crippen LogP contribution in [0.5, 0.6) is 11.6 Å². The molecule has 0 saturated carbocycles. The molecule has 3 N–H and O–H groups in total. The first-order chi connectivity index (χ1) is 7.63. The highest BCUT2D eigenvalue weighted by molar-refractivity contribution is 5.74. The molecule has 0 spiro atoms. The molecule has 1 aromatic carbocycles. The Labute approximate surface area is 91.7 Å². The van der Waals surface area contributed by atoms with Gasteiger partial charge in [0.25, 0.3) is 5.56 Å². The van der Waals surface area contributed by atoms with Gasteiger partial charge in [-0.2, -0.15) is 0 Å². The molecule has 84 valence electrons. The minimum absolute atomic E-state index is 0.186. The molecule has 0 aliphatic carbocycles. The molecule has 2 rings (SSSR count). The van der Waals surface area contributed by atoms with Gasteiger partial charge in [-0.1, -0.05) is 11.6 Å². The molecule has 0 bridgehead atoms. The van der Waals surface area contributed by atoms with Crippen molar-refractivity contribution < 1.29 is 9.84 Å². The highest BCUT2D eigenvalue weighted by atomic mass is 16.5. The maximum absolute atomic E-state index is 11.5. The average molecular weight is 220 g/mol. The number of aromatic nitrogens is 2. The predicted octanol–water partition coefficient (Wildman–Crippen LogP) is 1.39. The smallest absolute Gasteiger partial charge is 0.275 e. The summed E-state index contributed by atoms with van der Waals surface area (Å²) in [5.41, 5.74) is 1.38. The first-order valence-corrected chi connectivity index (χ1v) is 4.78. The lowest BCUT2D eigenvalue weighted by Gasteiger charge is -2.07. The van der Waals surface area contributed by atoms with Crippen LogP contribution in [-0.4, -0.2) is 22.4 Å². The first-order valence-electron chi connectivity index (χ1n) is 4.78. The summed E-state index contributed by atoms with van der Waals surface area (Å²) in [6.07, 6.45) is 0. The zero-order valence-electron chi connectivity index (χ0n) is 9.00. The second kappa shape index (κ2) is 3.77. The summed E-state index contributed by atoms with van der Waals surface area (Å²) in [5, 5.41) is 14.2. The van der Waals surface area contributed by atoms with Crippen molar-refractivity contribution in [3.8, 4) is 22.8 Å². The lowest BCUT2D eigenvalue weighted by Crippen LogP contribution is -2.02. The van der Waals surface area contributed by atoms with E-state index in [1.54, 1.807) is 12.1 Å². The van der Waals surface area contributed by atoms with Crippen LogP contribution >= 0.6 is 0 Å². The summed E-state index contributed by atoms with van der Waals surface area (Å²) in [6.45, 7) is 1.90. The van der Waals surface area contributed by atoms with E-state index in [1.807, 2.05) is 13.0 Å². The SMILES string of the molecule is COc1ccc(C)cc1-c1c(O)[nH][nH]c1=O. The molecule has 0 aliphatic heterocycles. The molecule has 16 heavy (non-hydrogen) atoms. The fourth-order valence-electron chi connectivity index (χ4n) is 1.62. The van der Waals surface area contributed by atoms with Crippen LogP contribution in [0.2, 0.25) is 0 Å². The van der Waals surface area contributed by atoms with Gasteiger partial charge in [-0.25, -0.2) is 0 Å². The third-order valence-electron chi connectivity index (χ3n) is 2.38. The van der Waals surface area contributed by atoms with Crippen LogP contribution < -0.4 is 10.3 Å². The number of aryl methyl sites for hydroxylation is 1. The molecular formula is C11H12N2O3. The van der Waals surface area contributed by atoms with Crippen molar-refractivity contribution >= 4 is 0 Å². The molecule has 0 saturated heterocycles. The van der Waals surface area contributed by atoms with Gasteiger partial charge in [0, 0.05) is 5.56 Å². The van der Waals surface area contributed by atoms with E-state index >= 15 is 0 Å². The van der Waals surface area contributed by atoms with Crippen molar-refractivity contribution in [3.05, 3.63) is 34.1 Å². The highest BCUT2D eigenvalue weighted by Gasteiger charge is 2.15.